The number of hydrogen-bond donors (Lipinski definition) is 0. The van der Waals surface area contributed by atoms with Crippen LogP contribution in [0, 0.1) is 20.8 Å². The lowest BCUT2D eigenvalue weighted by atomic mass is 10.1. The molecule has 29 heavy (non-hydrogen) atoms. The number of anilines is 1. The molecule has 2 aromatic heterocycles. The molecule has 1 aliphatic heterocycles. The van der Waals surface area contributed by atoms with Crippen molar-refractivity contribution < 1.29 is 4.79 Å². The predicted octanol–water partition coefficient (Wildman–Crippen LogP) is 3.59. The van der Waals surface area contributed by atoms with Gasteiger partial charge in [-0.15, -0.1) is 0 Å². The van der Waals surface area contributed by atoms with Gasteiger partial charge in [0.25, 0.3) is 0 Å². The standard InChI is InChI=1S/C22H26ClN5O/c1-15-14-21-24-16(2)20(17(3)28(21)25-15)8-9-22(29)27-12-10-26(11-13-27)19-6-4-18(23)5-7-19/h4-7,14H,8-13H2,1-3H3. The van der Waals surface area contributed by atoms with Crippen molar-refractivity contribution in [2.45, 2.75) is 33.6 Å². The highest BCUT2D eigenvalue weighted by atomic mass is 35.5. The molecule has 0 saturated carbocycles. The van der Waals surface area contributed by atoms with E-state index in [0.717, 1.165) is 65.2 Å². The quantitative estimate of drug-likeness (QED) is 0.658. The molecule has 1 amide bonds. The third-order valence-electron chi connectivity index (χ3n) is 5.70. The zero-order chi connectivity index (χ0) is 20.5. The average molecular weight is 412 g/mol. The highest BCUT2D eigenvalue weighted by Crippen LogP contribution is 2.21. The second kappa shape index (κ2) is 8.03. The van der Waals surface area contributed by atoms with Gasteiger partial charge < -0.3 is 9.80 Å². The Morgan fingerprint density at radius 1 is 1.07 bits per heavy atom. The van der Waals surface area contributed by atoms with Crippen LogP contribution in [0.5, 0.6) is 0 Å². The first-order valence-corrected chi connectivity index (χ1v) is 10.4. The number of carbonyl (C=O) groups is 1. The van der Waals surface area contributed by atoms with Crippen LogP contribution in [0.25, 0.3) is 5.65 Å². The molecule has 1 saturated heterocycles. The van der Waals surface area contributed by atoms with Crippen molar-refractivity contribution in [3.63, 3.8) is 0 Å². The van der Waals surface area contributed by atoms with E-state index in [1.165, 1.54) is 0 Å². The van der Waals surface area contributed by atoms with E-state index in [2.05, 4.69) is 21.9 Å². The van der Waals surface area contributed by atoms with Crippen molar-refractivity contribution >= 4 is 28.8 Å². The fraction of sp³-hybridized carbons (Fsp3) is 0.409. The molecule has 4 rings (SSSR count). The molecule has 7 heteroatoms. The lowest BCUT2D eigenvalue weighted by Gasteiger charge is -2.36. The van der Waals surface area contributed by atoms with Crippen LogP contribution in [0.3, 0.4) is 0 Å². The van der Waals surface area contributed by atoms with Gasteiger partial charge in [-0.2, -0.15) is 5.10 Å². The van der Waals surface area contributed by atoms with Gasteiger partial charge in [0.1, 0.15) is 0 Å². The van der Waals surface area contributed by atoms with Crippen molar-refractivity contribution in [2.75, 3.05) is 31.1 Å². The van der Waals surface area contributed by atoms with Gasteiger partial charge in [0.15, 0.2) is 5.65 Å². The number of amides is 1. The first kappa shape index (κ1) is 19.7. The molecule has 3 heterocycles. The lowest BCUT2D eigenvalue weighted by Crippen LogP contribution is -2.48. The van der Waals surface area contributed by atoms with Crippen molar-refractivity contribution in [1.29, 1.82) is 0 Å². The molecular weight excluding hydrogens is 386 g/mol. The van der Waals surface area contributed by atoms with Crippen LogP contribution in [-0.2, 0) is 11.2 Å². The molecule has 0 unspecified atom stereocenters. The van der Waals surface area contributed by atoms with E-state index in [-0.39, 0.29) is 5.91 Å². The molecule has 0 atom stereocenters. The van der Waals surface area contributed by atoms with Gasteiger partial charge in [0.05, 0.1) is 5.69 Å². The zero-order valence-corrected chi connectivity index (χ0v) is 17.9. The van der Waals surface area contributed by atoms with E-state index in [4.69, 9.17) is 11.6 Å². The summed E-state index contributed by atoms with van der Waals surface area (Å²) < 4.78 is 1.88. The number of aryl methyl sites for hydroxylation is 3. The summed E-state index contributed by atoms with van der Waals surface area (Å²) in [7, 11) is 0. The van der Waals surface area contributed by atoms with E-state index < -0.39 is 0 Å². The molecule has 1 fully saturated rings. The molecule has 0 aliphatic carbocycles. The fourth-order valence-electron chi connectivity index (χ4n) is 4.06. The molecule has 0 N–H and O–H groups in total. The summed E-state index contributed by atoms with van der Waals surface area (Å²) in [5.74, 6) is 0.205. The highest BCUT2D eigenvalue weighted by Gasteiger charge is 2.22. The van der Waals surface area contributed by atoms with Crippen molar-refractivity contribution in [2.24, 2.45) is 0 Å². The molecule has 3 aromatic rings. The molecule has 0 radical (unpaired) electrons. The number of halogens is 1. The van der Waals surface area contributed by atoms with Crippen LogP contribution in [-0.4, -0.2) is 51.6 Å². The van der Waals surface area contributed by atoms with E-state index >= 15 is 0 Å². The highest BCUT2D eigenvalue weighted by molar-refractivity contribution is 6.30. The SMILES string of the molecule is Cc1cc2nc(C)c(CCC(=O)N3CCN(c4ccc(Cl)cc4)CC3)c(C)n2n1. The first-order chi connectivity index (χ1) is 13.9. The Morgan fingerprint density at radius 2 is 1.76 bits per heavy atom. The minimum atomic E-state index is 0.205. The van der Waals surface area contributed by atoms with Crippen molar-refractivity contribution in [1.82, 2.24) is 19.5 Å². The number of piperazine rings is 1. The van der Waals surface area contributed by atoms with Gasteiger partial charge in [-0.25, -0.2) is 9.50 Å². The Hall–Kier alpha value is -2.60. The number of nitrogens with zero attached hydrogens (tertiary/aromatic N) is 5. The van der Waals surface area contributed by atoms with E-state index in [0.29, 0.717) is 12.8 Å². The van der Waals surface area contributed by atoms with Gasteiger partial charge in [0.2, 0.25) is 5.91 Å². The summed E-state index contributed by atoms with van der Waals surface area (Å²) in [5.41, 5.74) is 6.14. The minimum absolute atomic E-state index is 0.205. The Balaban J connectivity index is 1.37. The summed E-state index contributed by atoms with van der Waals surface area (Å²) in [5, 5.41) is 5.26. The van der Waals surface area contributed by atoms with E-state index in [9.17, 15) is 4.79 Å². The van der Waals surface area contributed by atoms with Crippen LogP contribution in [0.15, 0.2) is 30.3 Å². The van der Waals surface area contributed by atoms with Crippen molar-refractivity contribution in [3.8, 4) is 0 Å². The maximum Gasteiger partial charge on any atom is 0.223 e. The van der Waals surface area contributed by atoms with Gasteiger partial charge in [-0.3, -0.25) is 4.79 Å². The smallest absolute Gasteiger partial charge is 0.223 e. The van der Waals surface area contributed by atoms with Crippen LogP contribution in [0.4, 0.5) is 5.69 Å². The summed E-state index contributed by atoms with van der Waals surface area (Å²) in [6.07, 6.45) is 1.19. The van der Waals surface area contributed by atoms with Gasteiger partial charge in [0, 0.05) is 60.8 Å². The Kier molecular flexibility index (Phi) is 5.46. The number of benzene rings is 1. The maximum atomic E-state index is 12.8. The van der Waals surface area contributed by atoms with Crippen LogP contribution in [0.2, 0.25) is 5.02 Å². The van der Waals surface area contributed by atoms with Gasteiger partial charge in [-0.1, -0.05) is 11.6 Å². The Labute approximate surface area is 176 Å². The summed E-state index contributed by atoms with van der Waals surface area (Å²) >= 11 is 5.97. The number of carbonyl (C=O) groups excluding carboxylic acids is 1. The molecule has 0 spiro atoms. The molecule has 152 valence electrons. The van der Waals surface area contributed by atoms with Gasteiger partial charge in [-0.05, 0) is 57.0 Å². The molecule has 1 aromatic carbocycles. The molecule has 1 aliphatic rings. The first-order valence-electron chi connectivity index (χ1n) is 10.0. The third kappa shape index (κ3) is 4.08. The zero-order valence-electron chi connectivity index (χ0n) is 17.2. The van der Waals surface area contributed by atoms with Crippen LogP contribution < -0.4 is 4.90 Å². The lowest BCUT2D eigenvalue weighted by molar-refractivity contribution is -0.131. The molecule has 6 nitrogen and oxygen atoms in total. The number of aromatic nitrogens is 3. The maximum absolute atomic E-state index is 12.8. The summed E-state index contributed by atoms with van der Waals surface area (Å²) in [6, 6.07) is 9.86. The number of rotatable bonds is 4. The second-order valence-electron chi connectivity index (χ2n) is 7.66. The van der Waals surface area contributed by atoms with E-state index in [1.54, 1.807) is 0 Å². The average Bonchev–Trinajstić information content (AvgIpc) is 3.08. The van der Waals surface area contributed by atoms with Gasteiger partial charge >= 0.3 is 0 Å². The predicted molar refractivity (Wildman–Crippen MR) is 116 cm³/mol. The second-order valence-corrected chi connectivity index (χ2v) is 8.10. The normalized spacial score (nSPS) is 14.6. The van der Waals surface area contributed by atoms with Crippen LogP contribution in [0.1, 0.15) is 29.1 Å². The van der Waals surface area contributed by atoms with Crippen molar-refractivity contribution in [3.05, 3.63) is 58.0 Å². The minimum Gasteiger partial charge on any atom is -0.368 e. The molecular formula is C22H26ClN5O. The number of hydrogen-bond acceptors (Lipinski definition) is 4. The topological polar surface area (TPSA) is 53.7 Å². The number of fused-ring (bicyclic) bond motifs is 1. The van der Waals surface area contributed by atoms with E-state index in [1.807, 2.05) is 53.6 Å². The summed E-state index contributed by atoms with van der Waals surface area (Å²) in [6.45, 7) is 9.20. The Bertz CT molecular complexity index is 1040. The summed E-state index contributed by atoms with van der Waals surface area (Å²) in [4.78, 5) is 21.7. The molecule has 0 bridgehead atoms. The fourth-order valence-corrected chi connectivity index (χ4v) is 4.19. The monoisotopic (exact) mass is 411 g/mol. The Morgan fingerprint density at radius 3 is 2.45 bits per heavy atom. The largest absolute Gasteiger partial charge is 0.368 e. The third-order valence-corrected chi connectivity index (χ3v) is 5.95. The van der Waals surface area contributed by atoms with Crippen LogP contribution >= 0.6 is 11.6 Å².